The van der Waals surface area contributed by atoms with Gasteiger partial charge in [0.2, 0.25) is 10.0 Å². The van der Waals surface area contributed by atoms with Crippen LogP contribution >= 0.6 is 0 Å². The van der Waals surface area contributed by atoms with Gasteiger partial charge in [0.15, 0.2) is 0 Å². The summed E-state index contributed by atoms with van der Waals surface area (Å²) in [6, 6.07) is 7.42. The van der Waals surface area contributed by atoms with Gasteiger partial charge >= 0.3 is 0 Å². The fourth-order valence-electron chi connectivity index (χ4n) is 2.67. The molecule has 0 aromatic heterocycles. The molecule has 0 saturated carbocycles. The Kier molecular flexibility index (Phi) is 2.69. The zero-order valence-corrected chi connectivity index (χ0v) is 10.4. The van der Waals surface area contributed by atoms with Gasteiger partial charge < -0.3 is 5.32 Å². The van der Waals surface area contributed by atoms with E-state index in [0.29, 0.717) is 11.4 Å². The molecule has 92 valence electrons. The Hall–Kier alpha value is -0.910. The molecule has 1 aromatic carbocycles. The molecule has 1 N–H and O–H groups in total. The summed E-state index contributed by atoms with van der Waals surface area (Å²) in [5.41, 5.74) is 0.929. The van der Waals surface area contributed by atoms with Gasteiger partial charge in [0.25, 0.3) is 0 Å². The van der Waals surface area contributed by atoms with Gasteiger partial charge in [0.1, 0.15) is 0 Å². The maximum atomic E-state index is 12.4. The Morgan fingerprint density at radius 2 is 2.12 bits per heavy atom. The van der Waals surface area contributed by atoms with E-state index < -0.39 is 10.0 Å². The fraction of sp³-hybridized carbons (Fsp3) is 0.500. The normalized spacial score (nSPS) is 27.9. The highest BCUT2D eigenvalue weighted by atomic mass is 32.2. The second-order valence-corrected chi connectivity index (χ2v) is 6.52. The third kappa shape index (κ3) is 1.78. The second-order valence-electron chi connectivity index (χ2n) is 4.66. The van der Waals surface area contributed by atoms with E-state index in [4.69, 9.17) is 0 Å². The minimum atomic E-state index is -3.25. The van der Waals surface area contributed by atoms with Crippen LogP contribution in [0.2, 0.25) is 0 Å². The van der Waals surface area contributed by atoms with E-state index in [0.717, 1.165) is 31.5 Å². The molecular weight excluding hydrogens is 236 g/mol. The van der Waals surface area contributed by atoms with E-state index in [9.17, 15) is 8.42 Å². The molecule has 3 rings (SSSR count). The number of rotatable bonds is 1. The van der Waals surface area contributed by atoms with Gasteiger partial charge in [-0.25, -0.2) is 8.42 Å². The van der Waals surface area contributed by atoms with Crippen molar-refractivity contribution < 1.29 is 8.42 Å². The van der Waals surface area contributed by atoms with E-state index in [-0.39, 0.29) is 6.04 Å². The molecule has 1 aromatic rings. The number of sulfonamides is 1. The Bertz CT molecular complexity index is 521. The van der Waals surface area contributed by atoms with Crippen LogP contribution in [0.5, 0.6) is 0 Å². The molecule has 1 fully saturated rings. The number of hydrogen-bond acceptors (Lipinski definition) is 3. The molecule has 4 nitrogen and oxygen atoms in total. The highest BCUT2D eigenvalue weighted by molar-refractivity contribution is 7.89. The van der Waals surface area contributed by atoms with E-state index in [1.54, 1.807) is 16.4 Å². The van der Waals surface area contributed by atoms with E-state index in [2.05, 4.69) is 5.32 Å². The van der Waals surface area contributed by atoms with E-state index >= 15 is 0 Å². The van der Waals surface area contributed by atoms with Crippen molar-refractivity contribution in [2.24, 2.45) is 0 Å². The van der Waals surface area contributed by atoms with Crippen molar-refractivity contribution in [3.8, 4) is 0 Å². The van der Waals surface area contributed by atoms with Crippen molar-refractivity contribution in [1.82, 2.24) is 9.62 Å². The molecule has 0 aliphatic carbocycles. The largest absolute Gasteiger partial charge is 0.315 e. The van der Waals surface area contributed by atoms with Crippen LogP contribution in [0.1, 0.15) is 18.4 Å². The predicted molar refractivity (Wildman–Crippen MR) is 65.1 cm³/mol. The number of hydrogen-bond donors (Lipinski definition) is 1. The zero-order chi connectivity index (χ0) is 11.9. The molecule has 5 heteroatoms. The van der Waals surface area contributed by atoms with Crippen molar-refractivity contribution in [2.75, 3.05) is 13.1 Å². The lowest BCUT2D eigenvalue weighted by Crippen LogP contribution is -2.45. The summed E-state index contributed by atoms with van der Waals surface area (Å²) in [7, 11) is -3.25. The van der Waals surface area contributed by atoms with Gasteiger partial charge in [-0.2, -0.15) is 4.31 Å². The molecule has 17 heavy (non-hydrogen) atoms. The maximum absolute atomic E-state index is 12.4. The lowest BCUT2D eigenvalue weighted by Gasteiger charge is -2.30. The number of fused-ring (bicyclic) bond motifs is 1. The van der Waals surface area contributed by atoms with Gasteiger partial charge in [-0.3, -0.25) is 0 Å². The number of nitrogens with zero attached hydrogens (tertiary/aromatic N) is 1. The van der Waals surface area contributed by atoms with Gasteiger partial charge in [-0.05, 0) is 31.0 Å². The van der Waals surface area contributed by atoms with Crippen molar-refractivity contribution in [1.29, 1.82) is 0 Å². The summed E-state index contributed by atoms with van der Waals surface area (Å²) in [6.45, 7) is 2.30. The number of benzene rings is 1. The van der Waals surface area contributed by atoms with Crippen molar-refractivity contribution in [3.05, 3.63) is 29.8 Å². The third-order valence-corrected chi connectivity index (χ3v) is 5.56. The first-order valence-corrected chi connectivity index (χ1v) is 7.44. The molecule has 1 unspecified atom stereocenters. The Morgan fingerprint density at radius 1 is 1.29 bits per heavy atom. The van der Waals surface area contributed by atoms with Crippen LogP contribution in [0.15, 0.2) is 29.2 Å². The molecule has 1 atom stereocenters. The molecule has 1 saturated heterocycles. The highest BCUT2D eigenvalue weighted by Gasteiger charge is 2.38. The summed E-state index contributed by atoms with van der Waals surface area (Å²) in [5, 5.41) is 3.27. The monoisotopic (exact) mass is 252 g/mol. The van der Waals surface area contributed by atoms with E-state index in [1.807, 2.05) is 12.1 Å². The van der Waals surface area contributed by atoms with Crippen LogP contribution in [0, 0.1) is 0 Å². The molecule has 2 aliphatic rings. The Labute approximate surface area is 102 Å². The summed E-state index contributed by atoms with van der Waals surface area (Å²) < 4.78 is 26.4. The predicted octanol–water partition coefficient (Wildman–Crippen LogP) is 0.943. The second kappa shape index (κ2) is 4.08. The smallest absolute Gasteiger partial charge is 0.243 e. The van der Waals surface area contributed by atoms with Crippen LogP contribution in [0.3, 0.4) is 0 Å². The molecule has 0 radical (unpaired) electrons. The molecular formula is C12H16N2O2S. The average Bonchev–Trinajstić information content (AvgIpc) is 2.63. The molecule has 2 heterocycles. The zero-order valence-electron chi connectivity index (χ0n) is 9.59. The minimum Gasteiger partial charge on any atom is -0.315 e. The van der Waals surface area contributed by atoms with Crippen molar-refractivity contribution in [3.63, 3.8) is 0 Å². The molecule has 0 bridgehead atoms. The summed E-state index contributed by atoms with van der Waals surface area (Å²) in [4.78, 5) is 0.491. The van der Waals surface area contributed by atoms with Crippen LogP contribution in [-0.2, 0) is 16.6 Å². The molecule has 2 aliphatic heterocycles. The van der Waals surface area contributed by atoms with Gasteiger partial charge in [0.05, 0.1) is 4.90 Å². The van der Waals surface area contributed by atoms with Crippen LogP contribution < -0.4 is 5.32 Å². The van der Waals surface area contributed by atoms with Crippen molar-refractivity contribution >= 4 is 10.0 Å². The summed E-state index contributed by atoms with van der Waals surface area (Å²) >= 11 is 0. The van der Waals surface area contributed by atoms with Crippen LogP contribution in [0.4, 0.5) is 0 Å². The maximum Gasteiger partial charge on any atom is 0.243 e. The lowest BCUT2D eigenvalue weighted by atomic mass is 10.1. The quantitative estimate of drug-likeness (QED) is 0.809. The first kappa shape index (κ1) is 11.2. The third-order valence-electron chi connectivity index (χ3n) is 3.56. The summed E-state index contributed by atoms with van der Waals surface area (Å²) in [6.07, 6.45) is 2.01. The first-order chi connectivity index (χ1) is 8.19. The van der Waals surface area contributed by atoms with Gasteiger partial charge in [-0.15, -0.1) is 0 Å². The average molecular weight is 252 g/mol. The lowest BCUT2D eigenvalue weighted by molar-refractivity contribution is 0.269. The SMILES string of the molecule is O=S1(=O)c2ccccc2CN1C1CCCNC1. The van der Waals surface area contributed by atoms with Gasteiger partial charge in [0, 0.05) is 19.1 Å². The number of nitrogens with one attached hydrogen (secondary N) is 1. The molecule has 0 amide bonds. The standard InChI is InChI=1S/C12H16N2O2S/c15-17(16)12-6-2-1-4-10(12)9-14(17)11-5-3-7-13-8-11/h1-2,4,6,11,13H,3,5,7-9H2. The van der Waals surface area contributed by atoms with Gasteiger partial charge in [-0.1, -0.05) is 18.2 Å². The highest BCUT2D eigenvalue weighted by Crippen LogP contribution is 2.32. The summed E-state index contributed by atoms with van der Waals surface area (Å²) in [5.74, 6) is 0. The van der Waals surface area contributed by atoms with Crippen LogP contribution in [-0.4, -0.2) is 31.9 Å². The number of piperidine rings is 1. The Balaban J connectivity index is 1.95. The minimum absolute atomic E-state index is 0.112. The molecule has 0 spiro atoms. The van der Waals surface area contributed by atoms with Crippen molar-refractivity contribution in [2.45, 2.75) is 30.3 Å². The fourth-order valence-corrected chi connectivity index (χ4v) is 4.52. The Morgan fingerprint density at radius 3 is 2.82 bits per heavy atom. The van der Waals surface area contributed by atoms with Crippen LogP contribution in [0.25, 0.3) is 0 Å². The van der Waals surface area contributed by atoms with E-state index in [1.165, 1.54) is 0 Å². The first-order valence-electron chi connectivity index (χ1n) is 6.00. The topological polar surface area (TPSA) is 49.4 Å².